The zero-order valence-corrected chi connectivity index (χ0v) is 34.3. The van der Waals surface area contributed by atoms with Crippen molar-refractivity contribution in [1.82, 2.24) is 36.4 Å². The smallest absolute Gasteiger partial charge is 0.315 e. The molecule has 2 aliphatic carbocycles. The lowest BCUT2D eigenvalue weighted by atomic mass is 9.74. The molecule has 13 heteroatoms. The summed E-state index contributed by atoms with van der Waals surface area (Å²) >= 11 is 0. The standard InChI is InChI=1S/C39H61N7O6.C2H6/c1-10-19-40-23-26(33(48)35(50)41-20-11-2)42-34(49)27-18-15-21-46(27)36(51)32(25-16-13-12-14-17-25)44-37(52)43-30(38(3,4)5)24-45(9)28-22-29(47)31(28)39(6,7)8;1-2/h1,11,25-27,30,32,40H,2,12-24H2,3-9H3,(H,41,50)(H,42,49)(H2,43,44,52);1-2H3/t26?,27-,30?,32?;/m0./s1. The van der Waals surface area contributed by atoms with Crippen molar-refractivity contribution >= 4 is 35.3 Å². The Morgan fingerprint density at radius 1 is 0.981 bits per heavy atom. The molecule has 0 bridgehead atoms. The maximum absolute atomic E-state index is 14.4. The summed E-state index contributed by atoms with van der Waals surface area (Å²) in [6.07, 6.45) is 12.5. The van der Waals surface area contributed by atoms with Gasteiger partial charge in [0.05, 0.1) is 19.0 Å². The summed E-state index contributed by atoms with van der Waals surface area (Å²) in [7, 11) is 1.94. The van der Waals surface area contributed by atoms with E-state index in [2.05, 4.69) is 44.0 Å². The van der Waals surface area contributed by atoms with Crippen LogP contribution in [0.2, 0.25) is 0 Å². The molecule has 1 saturated carbocycles. The molecule has 3 unspecified atom stereocenters. The van der Waals surface area contributed by atoms with Crippen molar-refractivity contribution in [2.75, 3.05) is 39.8 Å². The van der Waals surface area contributed by atoms with E-state index in [1.165, 1.54) is 11.0 Å². The molecule has 0 aromatic heterocycles. The first kappa shape index (κ1) is 46.0. The zero-order chi connectivity index (χ0) is 40.8. The van der Waals surface area contributed by atoms with Gasteiger partial charge in [-0.1, -0.05) is 86.6 Å². The van der Waals surface area contributed by atoms with Crippen LogP contribution in [0.3, 0.4) is 0 Å². The molecular formula is C41H67N7O6. The van der Waals surface area contributed by atoms with Gasteiger partial charge in [-0.3, -0.25) is 24.0 Å². The summed E-state index contributed by atoms with van der Waals surface area (Å²) in [5, 5.41) is 14.2. The highest BCUT2D eigenvalue weighted by atomic mass is 16.2. The zero-order valence-electron chi connectivity index (χ0n) is 34.3. The number of carbonyl (C=O) groups excluding carboxylic acids is 6. The van der Waals surface area contributed by atoms with Crippen molar-refractivity contribution in [2.24, 2.45) is 16.7 Å². The van der Waals surface area contributed by atoms with Crippen LogP contribution in [0.25, 0.3) is 0 Å². The second-order valence-corrected chi connectivity index (χ2v) is 16.4. The first-order valence-electron chi connectivity index (χ1n) is 19.6. The minimum atomic E-state index is -1.21. The van der Waals surface area contributed by atoms with Gasteiger partial charge in [-0.05, 0) is 42.4 Å². The third-order valence-electron chi connectivity index (χ3n) is 10.3. The fraction of sp³-hybridized carbons (Fsp3) is 0.707. The highest BCUT2D eigenvalue weighted by Crippen LogP contribution is 2.40. The van der Waals surface area contributed by atoms with Crippen molar-refractivity contribution in [3.8, 4) is 12.3 Å². The number of urea groups is 1. The number of nitrogens with one attached hydrogen (secondary N) is 5. The molecule has 5 amide bonds. The maximum atomic E-state index is 14.4. The van der Waals surface area contributed by atoms with E-state index < -0.39 is 41.8 Å². The number of hydrogen-bond acceptors (Lipinski definition) is 8. The number of allylic oxidation sites excluding steroid dienone is 2. The van der Waals surface area contributed by atoms with Crippen LogP contribution in [-0.2, 0) is 24.0 Å². The molecule has 1 heterocycles. The SMILES string of the molecule is C#CCNCC(NC(=O)[C@@H]1CCCN1C(=O)C(NC(=O)NC(CN(C)C1=C(C(C)(C)C)C(=O)C1)C(C)(C)C)C1CCCCC1)C(=O)C(=O)NCC=C.CC. The van der Waals surface area contributed by atoms with Crippen molar-refractivity contribution in [3.05, 3.63) is 23.9 Å². The molecule has 13 nitrogen and oxygen atoms in total. The second kappa shape index (κ2) is 21.1. The molecule has 2 fully saturated rings. The van der Waals surface area contributed by atoms with Crippen molar-refractivity contribution < 1.29 is 28.8 Å². The first-order valence-corrected chi connectivity index (χ1v) is 19.6. The van der Waals surface area contributed by atoms with Crippen LogP contribution in [0.4, 0.5) is 4.79 Å². The molecular weight excluding hydrogens is 686 g/mol. The lowest BCUT2D eigenvalue weighted by molar-refractivity contribution is -0.143. The van der Waals surface area contributed by atoms with Gasteiger partial charge in [0.25, 0.3) is 5.91 Å². The van der Waals surface area contributed by atoms with Crippen LogP contribution in [0.1, 0.15) is 107 Å². The van der Waals surface area contributed by atoms with E-state index in [1.54, 1.807) is 0 Å². The number of carbonyl (C=O) groups is 6. The monoisotopic (exact) mass is 754 g/mol. The molecule has 1 saturated heterocycles. The fourth-order valence-electron chi connectivity index (χ4n) is 7.33. The molecule has 3 rings (SSSR count). The van der Waals surface area contributed by atoms with Crippen LogP contribution >= 0.6 is 0 Å². The Morgan fingerprint density at radius 3 is 2.19 bits per heavy atom. The molecule has 4 atom stereocenters. The summed E-state index contributed by atoms with van der Waals surface area (Å²) in [5.41, 5.74) is 1.16. The second-order valence-electron chi connectivity index (χ2n) is 16.4. The van der Waals surface area contributed by atoms with Gasteiger partial charge in [0.1, 0.15) is 18.1 Å². The average Bonchev–Trinajstić information content (AvgIpc) is 3.61. The van der Waals surface area contributed by atoms with Crippen LogP contribution in [0, 0.1) is 29.1 Å². The number of terminal acetylenes is 1. The number of Topliss-reactive ketones (excluding diaryl/α,β-unsaturated/α-hetero) is 2. The van der Waals surface area contributed by atoms with E-state index in [1.807, 2.05) is 62.4 Å². The average molecular weight is 754 g/mol. The molecule has 0 aromatic rings. The van der Waals surface area contributed by atoms with Gasteiger partial charge in [-0.25, -0.2) is 4.79 Å². The summed E-state index contributed by atoms with van der Waals surface area (Å²) in [6.45, 7) is 20.7. The van der Waals surface area contributed by atoms with Crippen molar-refractivity contribution in [3.63, 3.8) is 0 Å². The predicted octanol–water partition coefficient (Wildman–Crippen LogP) is 3.45. The number of rotatable bonds is 16. The van der Waals surface area contributed by atoms with E-state index in [9.17, 15) is 28.8 Å². The first-order chi connectivity index (χ1) is 25.4. The highest BCUT2D eigenvalue weighted by molar-refractivity contribution is 6.38. The quantitative estimate of drug-likeness (QED) is 0.0692. The summed E-state index contributed by atoms with van der Waals surface area (Å²) < 4.78 is 0. The minimum Gasteiger partial charge on any atom is -0.375 e. The Labute approximate surface area is 323 Å². The molecule has 5 N–H and O–H groups in total. The number of hydrogen-bond donors (Lipinski definition) is 5. The van der Waals surface area contributed by atoms with Gasteiger partial charge in [0, 0.05) is 44.5 Å². The fourth-order valence-corrected chi connectivity index (χ4v) is 7.33. The van der Waals surface area contributed by atoms with Crippen LogP contribution in [0.5, 0.6) is 0 Å². The van der Waals surface area contributed by atoms with E-state index in [0.717, 1.165) is 43.4 Å². The van der Waals surface area contributed by atoms with Crippen molar-refractivity contribution in [2.45, 2.75) is 131 Å². The Bertz CT molecular complexity index is 1430. The molecule has 3 aliphatic rings. The van der Waals surface area contributed by atoms with E-state index in [4.69, 9.17) is 6.42 Å². The molecule has 0 aromatic carbocycles. The van der Waals surface area contributed by atoms with E-state index >= 15 is 0 Å². The van der Waals surface area contributed by atoms with Gasteiger partial charge in [0.2, 0.25) is 17.6 Å². The number of nitrogens with zero attached hydrogens (tertiary/aromatic N) is 2. The van der Waals surface area contributed by atoms with Gasteiger partial charge >= 0.3 is 6.03 Å². The Kier molecular flexibility index (Phi) is 17.9. The summed E-state index contributed by atoms with van der Waals surface area (Å²) in [4.78, 5) is 83.4. The third kappa shape index (κ3) is 12.7. The number of likely N-dealkylation sites (tertiary alicyclic amines) is 1. The molecule has 54 heavy (non-hydrogen) atoms. The van der Waals surface area contributed by atoms with Gasteiger partial charge in [-0.15, -0.1) is 13.0 Å². The van der Waals surface area contributed by atoms with Crippen molar-refractivity contribution in [1.29, 1.82) is 0 Å². The summed E-state index contributed by atoms with van der Waals surface area (Å²) in [5.74, 6) is -0.162. The van der Waals surface area contributed by atoms with E-state index in [-0.39, 0.29) is 54.1 Å². The molecule has 302 valence electrons. The normalized spacial score (nSPS) is 19.1. The lowest BCUT2D eigenvalue weighted by Crippen LogP contribution is -2.61. The number of likely N-dealkylation sites (N-methyl/N-ethyl adjacent to an activating group) is 1. The highest BCUT2D eigenvalue weighted by Gasteiger charge is 2.43. The third-order valence-corrected chi connectivity index (χ3v) is 10.3. The Balaban J connectivity index is 0.00000495. The minimum absolute atomic E-state index is 0.0708. The number of ketones is 2. The van der Waals surface area contributed by atoms with Crippen LogP contribution in [0.15, 0.2) is 23.9 Å². The maximum Gasteiger partial charge on any atom is 0.315 e. The molecule has 1 aliphatic heterocycles. The van der Waals surface area contributed by atoms with Gasteiger partial charge in [-0.2, -0.15) is 0 Å². The Hall–Kier alpha value is -4.18. The molecule has 0 radical (unpaired) electrons. The van der Waals surface area contributed by atoms with Crippen LogP contribution < -0.4 is 26.6 Å². The van der Waals surface area contributed by atoms with Gasteiger partial charge < -0.3 is 36.4 Å². The number of amides is 5. The predicted molar refractivity (Wildman–Crippen MR) is 212 cm³/mol. The van der Waals surface area contributed by atoms with Crippen LogP contribution in [-0.4, -0.2) is 109 Å². The lowest BCUT2D eigenvalue weighted by Gasteiger charge is -2.41. The van der Waals surface area contributed by atoms with E-state index in [0.29, 0.717) is 32.4 Å². The van der Waals surface area contributed by atoms with Gasteiger partial charge in [0.15, 0.2) is 5.78 Å². The Morgan fingerprint density at radius 2 is 1.63 bits per heavy atom. The summed E-state index contributed by atoms with van der Waals surface area (Å²) in [6, 6.07) is -3.74. The topological polar surface area (TPSA) is 169 Å². The molecule has 0 spiro atoms. The largest absolute Gasteiger partial charge is 0.375 e.